The molecule has 2 heterocycles. The first-order valence-corrected chi connectivity index (χ1v) is 6.81. The number of aromatic nitrogens is 1. The molecule has 3 rings (SSSR count). The van der Waals surface area contributed by atoms with Crippen LogP contribution in [0.1, 0.15) is 10.5 Å². The van der Waals surface area contributed by atoms with Gasteiger partial charge in [-0.25, -0.2) is 0 Å². The molecule has 1 aromatic carbocycles. The van der Waals surface area contributed by atoms with Crippen LogP contribution in [0.2, 0.25) is 0 Å². The average Bonchev–Trinajstić information content (AvgIpc) is 2.55. The molecule has 21 heavy (non-hydrogen) atoms. The third-order valence-electron chi connectivity index (χ3n) is 3.46. The van der Waals surface area contributed by atoms with Crippen molar-refractivity contribution in [3.63, 3.8) is 0 Å². The van der Waals surface area contributed by atoms with Gasteiger partial charge >= 0.3 is 0 Å². The van der Waals surface area contributed by atoms with Crippen LogP contribution in [-0.2, 0) is 4.79 Å². The molecule has 5 heteroatoms. The molecule has 0 unspecified atom stereocenters. The van der Waals surface area contributed by atoms with Gasteiger partial charge in [0.05, 0.1) is 0 Å². The lowest BCUT2D eigenvalue weighted by Crippen LogP contribution is -2.52. The summed E-state index contributed by atoms with van der Waals surface area (Å²) in [4.78, 5) is 31.8. The number of para-hydroxylation sites is 1. The van der Waals surface area contributed by atoms with E-state index in [0.29, 0.717) is 18.8 Å². The summed E-state index contributed by atoms with van der Waals surface area (Å²) in [5.74, 6) is -0.270. The summed E-state index contributed by atoms with van der Waals surface area (Å²) >= 11 is 0. The Kier molecular flexibility index (Phi) is 3.64. The Bertz CT molecular complexity index is 643. The van der Waals surface area contributed by atoms with Crippen molar-refractivity contribution in [3.8, 4) is 0 Å². The lowest BCUT2D eigenvalue weighted by molar-refractivity contribution is -0.120. The molecule has 0 radical (unpaired) electrons. The van der Waals surface area contributed by atoms with Crippen LogP contribution in [0.25, 0.3) is 0 Å². The zero-order chi connectivity index (χ0) is 14.7. The molecule has 2 aromatic rings. The quantitative estimate of drug-likeness (QED) is 0.839. The molecule has 5 nitrogen and oxygen atoms in total. The van der Waals surface area contributed by atoms with Crippen molar-refractivity contribution in [2.24, 2.45) is 0 Å². The minimum atomic E-state index is -0.198. The van der Waals surface area contributed by atoms with Gasteiger partial charge in [0.15, 0.2) is 0 Å². The molecular weight excluding hydrogens is 266 g/mol. The topological polar surface area (TPSA) is 53.5 Å². The second kappa shape index (κ2) is 5.75. The van der Waals surface area contributed by atoms with E-state index >= 15 is 0 Å². The molecule has 106 valence electrons. The van der Waals surface area contributed by atoms with E-state index in [4.69, 9.17) is 0 Å². The SMILES string of the molecule is O=C(c1ccccn1)N1CCN(c2ccccc2)C(=O)C1. The smallest absolute Gasteiger partial charge is 0.272 e. The molecule has 0 saturated carbocycles. The fourth-order valence-electron chi connectivity index (χ4n) is 2.38. The summed E-state index contributed by atoms with van der Waals surface area (Å²) in [6.07, 6.45) is 1.58. The summed E-state index contributed by atoms with van der Waals surface area (Å²) in [5.41, 5.74) is 1.24. The van der Waals surface area contributed by atoms with Crippen LogP contribution in [0.3, 0.4) is 0 Å². The zero-order valence-corrected chi connectivity index (χ0v) is 11.5. The van der Waals surface area contributed by atoms with Gasteiger partial charge in [-0.1, -0.05) is 24.3 Å². The maximum Gasteiger partial charge on any atom is 0.272 e. The lowest BCUT2D eigenvalue weighted by atomic mass is 10.2. The Morgan fingerprint density at radius 3 is 2.43 bits per heavy atom. The van der Waals surface area contributed by atoms with E-state index in [2.05, 4.69) is 4.98 Å². The largest absolute Gasteiger partial charge is 0.326 e. The van der Waals surface area contributed by atoms with Crippen LogP contribution >= 0.6 is 0 Å². The minimum absolute atomic E-state index is 0.0725. The van der Waals surface area contributed by atoms with Gasteiger partial charge in [0.2, 0.25) is 5.91 Å². The van der Waals surface area contributed by atoms with Crippen LogP contribution in [0.15, 0.2) is 54.7 Å². The molecule has 1 saturated heterocycles. The molecule has 0 atom stereocenters. The highest BCUT2D eigenvalue weighted by Crippen LogP contribution is 2.17. The van der Waals surface area contributed by atoms with Crippen LogP contribution in [-0.4, -0.2) is 41.3 Å². The van der Waals surface area contributed by atoms with E-state index in [9.17, 15) is 9.59 Å². The summed E-state index contributed by atoms with van der Waals surface area (Å²) in [6.45, 7) is 1.10. The van der Waals surface area contributed by atoms with Crippen molar-refractivity contribution >= 4 is 17.5 Å². The summed E-state index contributed by atoms with van der Waals surface area (Å²) < 4.78 is 0. The van der Waals surface area contributed by atoms with Crippen molar-refractivity contribution in [2.45, 2.75) is 0 Å². The molecule has 0 spiro atoms. The number of rotatable bonds is 2. The van der Waals surface area contributed by atoms with Crippen molar-refractivity contribution in [3.05, 3.63) is 60.4 Å². The summed E-state index contributed by atoms with van der Waals surface area (Å²) in [5, 5.41) is 0. The van der Waals surface area contributed by atoms with Crippen molar-refractivity contribution in [2.75, 3.05) is 24.5 Å². The van der Waals surface area contributed by atoms with Crippen molar-refractivity contribution in [1.82, 2.24) is 9.88 Å². The molecule has 1 aliphatic heterocycles. The number of carbonyl (C=O) groups excluding carboxylic acids is 2. The number of amides is 2. The van der Waals surface area contributed by atoms with Crippen LogP contribution < -0.4 is 4.90 Å². The number of piperazine rings is 1. The first-order valence-electron chi connectivity index (χ1n) is 6.81. The fourth-order valence-corrected chi connectivity index (χ4v) is 2.38. The van der Waals surface area contributed by atoms with Crippen LogP contribution in [0, 0.1) is 0 Å². The highest BCUT2D eigenvalue weighted by atomic mass is 16.2. The molecule has 0 aliphatic carbocycles. The number of anilines is 1. The van der Waals surface area contributed by atoms with Crippen molar-refractivity contribution in [1.29, 1.82) is 0 Å². The predicted molar refractivity (Wildman–Crippen MR) is 78.9 cm³/mol. The standard InChI is InChI=1S/C16H15N3O2/c20-15-12-18(16(21)14-8-4-5-9-17-14)10-11-19(15)13-6-2-1-3-7-13/h1-9H,10-12H2. The second-order valence-electron chi connectivity index (χ2n) is 4.82. The number of carbonyl (C=O) groups is 2. The van der Waals surface area contributed by atoms with Gasteiger partial charge in [0.25, 0.3) is 5.91 Å². The lowest BCUT2D eigenvalue weighted by Gasteiger charge is -2.34. The molecule has 0 N–H and O–H groups in total. The third-order valence-corrected chi connectivity index (χ3v) is 3.46. The maximum atomic E-state index is 12.3. The number of hydrogen-bond acceptors (Lipinski definition) is 3. The Morgan fingerprint density at radius 2 is 1.76 bits per heavy atom. The van der Waals surface area contributed by atoms with E-state index < -0.39 is 0 Å². The minimum Gasteiger partial charge on any atom is -0.326 e. The second-order valence-corrected chi connectivity index (χ2v) is 4.82. The zero-order valence-electron chi connectivity index (χ0n) is 11.5. The molecule has 2 amide bonds. The highest BCUT2D eigenvalue weighted by Gasteiger charge is 2.28. The predicted octanol–water partition coefficient (Wildman–Crippen LogP) is 1.57. The normalized spacial score (nSPS) is 15.1. The van der Waals surface area contributed by atoms with Gasteiger partial charge in [0.1, 0.15) is 12.2 Å². The van der Waals surface area contributed by atoms with Gasteiger partial charge in [-0.3, -0.25) is 14.6 Å². The number of nitrogens with zero attached hydrogens (tertiary/aromatic N) is 3. The Morgan fingerprint density at radius 1 is 1.00 bits per heavy atom. The van der Waals surface area contributed by atoms with Gasteiger partial charge in [-0.05, 0) is 24.3 Å². The summed E-state index contributed by atoms with van der Waals surface area (Å²) in [6, 6.07) is 14.7. The molecule has 1 fully saturated rings. The van der Waals surface area contributed by atoms with E-state index in [1.165, 1.54) is 0 Å². The van der Waals surface area contributed by atoms with Gasteiger partial charge in [-0.2, -0.15) is 0 Å². The van der Waals surface area contributed by atoms with Crippen LogP contribution in [0.4, 0.5) is 5.69 Å². The van der Waals surface area contributed by atoms with E-state index in [-0.39, 0.29) is 18.4 Å². The molecule has 1 aliphatic rings. The van der Waals surface area contributed by atoms with Gasteiger partial charge in [0, 0.05) is 25.0 Å². The number of pyridine rings is 1. The summed E-state index contributed by atoms with van der Waals surface area (Å²) in [7, 11) is 0. The first kappa shape index (κ1) is 13.3. The van der Waals surface area contributed by atoms with Gasteiger partial charge < -0.3 is 9.80 Å². The Balaban J connectivity index is 1.72. The first-order chi connectivity index (χ1) is 10.3. The maximum absolute atomic E-state index is 12.3. The van der Waals surface area contributed by atoms with Crippen LogP contribution in [0.5, 0.6) is 0 Å². The molecule has 0 bridgehead atoms. The van der Waals surface area contributed by atoms with E-state index in [0.717, 1.165) is 5.69 Å². The Labute approximate surface area is 122 Å². The molecular formula is C16H15N3O2. The molecule has 1 aromatic heterocycles. The number of benzene rings is 1. The van der Waals surface area contributed by atoms with Gasteiger partial charge in [-0.15, -0.1) is 0 Å². The third kappa shape index (κ3) is 2.76. The fraction of sp³-hybridized carbons (Fsp3) is 0.188. The Hall–Kier alpha value is -2.69. The number of hydrogen-bond donors (Lipinski definition) is 0. The van der Waals surface area contributed by atoms with Crippen molar-refractivity contribution < 1.29 is 9.59 Å². The monoisotopic (exact) mass is 281 g/mol. The van der Waals surface area contributed by atoms with E-state index in [1.54, 1.807) is 34.2 Å². The van der Waals surface area contributed by atoms with E-state index in [1.807, 2.05) is 30.3 Å². The highest BCUT2D eigenvalue weighted by molar-refractivity contribution is 6.00. The average molecular weight is 281 g/mol.